The van der Waals surface area contributed by atoms with Crippen LogP contribution in [0, 0.1) is 0 Å². The van der Waals surface area contributed by atoms with E-state index in [2.05, 4.69) is 0 Å². The fraction of sp³-hybridized carbons (Fsp3) is 0.500. The Morgan fingerprint density at radius 2 is 2.06 bits per heavy atom. The number of hydrogen-bond acceptors (Lipinski definition) is 3. The van der Waals surface area contributed by atoms with Crippen molar-refractivity contribution in [2.45, 2.75) is 26.3 Å². The molecule has 0 aliphatic rings. The second kappa shape index (κ2) is 8.53. The lowest BCUT2D eigenvalue weighted by Crippen LogP contribution is -2.33. The van der Waals surface area contributed by atoms with Gasteiger partial charge in [-0.15, -0.1) is 0 Å². The molecule has 4 nitrogen and oxygen atoms in total. The molecule has 0 atom stereocenters. The van der Waals surface area contributed by atoms with E-state index in [0.29, 0.717) is 19.7 Å². The molecule has 0 radical (unpaired) electrons. The largest absolute Gasteiger partial charge is 0.449 e. The lowest BCUT2D eigenvalue weighted by Gasteiger charge is -2.21. The summed E-state index contributed by atoms with van der Waals surface area (Å²) in [6.07, 6.45) is 1.50. The van der Waals surface area contributed by atoms with E-state index in [1.165, 1.54) is 4.90 Å². The number of benzene rings is 1. The summed E-state index contributed by atoms with van der Waals surface area (Å²) in [7, 11) is 0. The van der Waals surface area contributed by atoms with Crippen LogP contribution in [0.3, 0.4) is 0 Å². The summed E-state index contributed by atoms with van der Waals surface area (Å²) in [6.45, 7) is 3.18. The van der Waals surface area contributed by atoms with Crippen molar-refractivity contribution in [2.24, 2.45) is 0 Å². The molecule has 1 aromatic rings. The molecule has 1 aromatic carbocycles. The third kappa shape index (κ3) is 5.19. The van der Waals surface area contributed by atoms with Crippen LogP contribution >= 0.6 is 0 Å². The number of aliphatic hydroxyl groups excluding tert-OH is 1. The first-order chi connectivity index (χ1) is 8.77. The van der Waals surface area contributed by atoms with Crippen LogP contribution in [0.1, 0.15) is 25.3 Å². The number of aliphatic hydroxyl groups is 1. The third-order valence-electron chi connectivity index (χ3n) is 2.57. The maximum Gasteiger partial charge on any atom is 0.410 e. The van der Waals surface area contributed by atoms with Gasteiger partial charge < -0.3 is 14.7 Å². The van der Waals surface area contributed by atoms with Crippen molar-refractivity contribution in [1.82, 2.24) is 4.90 Å². The van der Waals surface area contributed by atoms with Gasteiger partial charge in [-0.25, -0.2) is 4.79 Å². The maximum atomic E-state index is 11.8. The highest BCUT2D eigenvalue weighted by molar-refractivity contribution is 5.67. The molecule has 18 heavy (non-hydrogen) atoms. The summed E-state index contributed by atoms with van der Waals surface area (Å²) >= 11 is 0. The number of rotatable bonds is 7. The maximum absolute atomic E-state index is 11.8. The normalized spacial score (nSPS) is 10.1. The average molecular weight is 251 g/mol. The Bertz CT molecular complexity index is 340. The predicted molar refractivity (Wildman–Crippen MR) is 70.2 cm³/mol. The fourth-order valence-electron chi connectivity index (χ4n) is 1.55. The van der Waals surface area contributed by atoms with Crippen LogP contribution < -0.4 is 0 Å². The van der Waals surface area contributed by atoms with Crippen molar-refractivity contribution in [1.29, 1.82) is 0 Å². The van der Waals surface area contributed by atoms with Crippen LogP contribution in [0.25, 0.3) is 0 Å². The van der Waals surface area contributed by atoms with Gasteiger partial charge in [0, 0.05) is 13.1 Å². The lowest BCUT2D eigenvalue weighted by molar-refractivity contribution is 0.0903. The predicted octanol–water partition coefficient (Wildman–Crippen LogP) is 2.42. The number of nitrogens with zero attached hydrogens (tertiary/aromatic N) is 1. The summed E-state index contributed by atoms with van der Waals surface area (Å²) in [6, 6.07) is 9.68. The van der Waals surface area contributed by atoms with Crippen LogP contribution in [0.4, 0.5) is 4.79 Å². The molecular weight excluding hydrogens is 230 g/mol. The molecule has 1 N–H and O–H groups in total. The quantitative estimate of drug-likeness (QED) is 0.757. The Labute approximate surface area is 108 Å². The van der Waals surface area contributed by atoms with Crippen LogP contribution in [-0.2, 0) is 11.3 Å². The average Bonchev–Trinajstić information content (AvgIpc) is 2.39. The van der Waals surface area contributed by atoms with Gasteiger partial charge in [-0.05, 0) is 12.0 Å². The molecule has 100 valence electrons. The van der Waals surface area contributed by atoms with Crippen molar-refractivity contribution >= 4 is 6.09 Å². The number of amides is 1. The molecule has 0 saturated heterocycles. The molecule has 0 bridgehead atoms. The molecule has 0 heterocycles. The van der Waals surface area contributed by atoms with Gasteiger partial charge in [0.2, 0.25) is 0 Å². The summed E-state index contributed by atoms with van der Waals surface area (Å²) in [5.41, 5.74) is 1.03. The second-order valence-electron chi connectivity index (χ2n) is 4.10. The highest BCUT2D eigenvalue weighted by atomic mass is 16.6. The SMILES string of the molecule is CCCCOC(=O)N(CCO)Cc1ccccc1. The smallest absolute Gasteiger partial charge is 0.410 e. The minimum absolute atomic E-state index is 0.0598. The zero-order valence-electron chi connectivity index (χ0n) is 10.8. The molecule has 0 unspecified atom stereocenters. The molecular formula is C14H21NO3. The lowest BCUT2D eigenvalue weighted by atomic mass is 10.2. The Balaban J connectivity index is 2.50. The minimum atomic E-state index is -0.360. The summed E-state index contributed by atoms with van der Waals surface area (Å²) in [5, 5.41) is 8.99. The Morgan fingerprint density at radius 3 is 2.67 bits per heavy atom. The highest BCUT2D eigenvalue weighted by Crippen LogP contribution is 2.06. The molecule has 0 saturated carbocycles. The molecule has 0 spiro atoms. The number of hydrogen-bond donors (Lipinski definition) is 1. The summed E-state index contributed by atoms with van der Waals surface area (Å²) < 4.78 is 5.15. The van der Waals surface area contributed by atoms with Gasteiger partial charge in [0.15, 0.2) is 0 Å². The van der Waals surface area contributed by atoms with Crippen LogP contribution in [0.2, 0.25) is 0 Å². The van der Waals surface area contributed by atoms with Crippen molar-refractivity contribution in [3.05, 3.63) is 35.9 Å². The Morgan fingerprint density at radius 1 is 1.33 bits per heavy atom. The van der Waals surface area contributed by atoms with Crippen molar-refractivity contribution in [2.75, 3.05) is 19.8 Å². The second-order valence-corrected chi connectivity index (χ2v) is 4.10. The topological polar surface area (TPSA) is 49.8 Å². The summed E-state index contributed by atoms with van der Waals surface area (Å²) in [4.78, 5) is 13.3. The number of carbonyl (C=O) groups is 1. The highest BCUT2D eigenvalue weighted by Gasteiger charge is 2.14. The molecule has 0 aliphatic heterocycles. The molecule has 1 amide bonds. The summed E-state index contributed by atoms with van der Waals surface area (Å²) in [5.74, 6) is 0. The zero-order valence-corrected chi connectivity index (χ0v) is 10.8. The number of ether oxygens (including phenoxy) is 1. The van der Waals surface area contributed by atoms with Gasteiger partial charge in [0.25, 0.3) is 0 Å². The molecule has 1 rings (SSSR count). The van der Waals surface area contributed by atoms with Crippen LogP contribution in [0.5, 0.6) is 0 Å². The van der Waals surface area contributed by atoms with E-state index < -0.39 is 0 Å². The van der Waals surface area contributed by atoms with E-state index >= 15 is 0 Å². The van der Waals surface area contributed by atoms with E-state index in [-0.39, 0.29) is 12.7 Å². The van der Waals surface area contributed by atoms with Gasteiger partial charge in [0.1, 0.15) is 0 Å². The van der Waals surface area contributed by atoms with E-state index in [1.54, 1.807) is 0 Å². The zero-order chi connectivity index (χ0) is 13.2. The molecule has 4 heteroatoms. The van der Waals surface area contributed by atoms with Gasteiger partial charge in [-0.2, -0.15) is 0 Å². The first-order valence-electron chi connectivity index (χ1n) is 6.34. The molecule has 0 fully saturated rings. The van der Waals surface area contributed by atoms with Crippen molar-refractivity contribution < 1.29 is 14.6 Å². The number of unbranched alkanes of at least 4 members (excludes halogenated alkanes) is 1. The van der Waals surface area contributed by atoms with E-state index in [1.807, 2.05) is 37.3 Å². The first-order valence-corrected chi connectivity index (χ1v) is 6.34. The number of carbonyl (C=O) groups excluding carboxylic acids is 1. The van der Waals surface area contributed by atoms with E-state index in [4.69, 9.17) is 9.84 Å². The first kappa shape index (κ1) is 14.5. The fourth-order valence-corrected chi connectivity index (χ4v) is 1.55. The van der Waals surface area contributed by atoms with Gasteiger partial charge >= 0.3 is 6.09 Å². The van der Waals surface area contributed by atoms with E-state index in [0.717, 1.165) is 18.4 Å². The van der Waals surface area contributed by atoms with Gasteiger partial charge in [0.05, 0.1) is 13.2 Å². The van der Waals surface area contributed by atoms with Crippen molar-refractivity contribution in [3.63, 3.8) is 0 Å². The van der Waals surface area contributed by atoms with Crippen molar-refractivity contribution in [3.8, 4) is 0 Å². The minimum Gasteiger partial charge on any atom is -0.449 e. The Kier molecular flexibility index (Phi) is 6.87. The van der Waals surface area contributed by atoms with Crippen LogP contribution in [0.15, 0.2) is 30.3 Å². The molecule has 0 aromatic heterocycles. The third-order valence-corrected chi connectivity index (χ3v) is 2.57. The van der Waals surface area contributed by atoms with E-state index in [9.17, 15) is 4.79 Å². The standard InChI is InChI=1S/C14H21NO3/c1-2-3-11-18-14(17)15(9-10-16)12-13-7-5-4-6-8-13/h4-8,16H,2-3,9-12H2,1H3. The van der Waals surface area contributed by atoms with Gasteiger partial charge in [-0.3, -0.25) is 0 Å². The van der Waals surface area contributed by atoms with Gasteiger partial charge in [-0.1, -0.05) is 43.7 Å². The van der Waals surface area contributed by atoms with Crippen LogP contribution in [-0.4, -0.2) is 35.9 Å². The Hall–Kier alpha value is -1.55. The monoisotopic (exact) mass is 251 g/mol. The molecule has 0 aliphatic carbocycles.